The summed E-state index contributed by atoms with van der Waals surface area (Å²) in [4.78, 5) is 22.5. The number of aromatic nitrogens is 8. The molecule has 14 nitrogen and oxygen atoms in total. The Morgan fingerprint density at radius 3 is 0.787 bits per heavy atom. The van der Waals surface area contributed by atoms with Crippen molar-refractivity contribution in [2.45, 2.75) is 107 Å². The van der Waals surface area contributed by atoms with Gasteiger partial charge < -0.3 is 38.4 Å². The Morgan fingerprint density at radius 1 is 0.298 bits per heavy atom. The van der Waals surface area contributed by atoms with E-state index in [-0.39, 0.29) is 19.5 Å². The number of allylic oxidation sites excluding steroid dienone is 4. The molecular weight excluding hydrogens is 2030 g/mol. The van der Waals surface area contributed by atoms with Gasteiger partial charge in [0, 0.05) is 92.7 Å². The van der Waals surface area contributed by atoms with Crippen molar-refractivity contribution in [3.05, 3.63) is 311 Å². The zero-order chi connectivity index (χ0) is 102. The van der Waals surface area contributed by atoms with E-state index in [2.05, 4.69) is 269 Å². The fourth-order valence-electron chi connectivity index (χ4n) is 16.0. The topological polar surface area (TPSA) is 125 Å². The zero-order valence-corrected chi connectivity index (χ0v) is 83.5. The Balaban J connectivity index is 0.000000228. The minimum absolute atomic E-state index is 0. The van der Waals surface area contributed by atoms with Crippen molar-refractivity contribution in [2.24, 2.45) is 0 Å². The molecule has 26 bridgehead atoms. The molecule has 27 heterocycles. The summed E-state index contributed by atoms with van der Waals surface area (Å²) >= 11 is 0. The van der Waals surface area contributed by atoms with Crippen LogP contribution in [0, 0.1) is 13.8 Å². The third-order valence-electron chi connectivity index (χ3n) is 22.2. The van der Waals surface area contributed by atoms with Crippen molar-refractivity contribution in [2.75, 3.05) is 52.9 Å². The van der Waals surface area contributed by atoms with Crippen LogP contribution in [-0.4, -0.2) is 62.8 Å². The van der Waals surface area contributed by atoms with Crippen LogP contribution in [0.15, 0.2) is 244 Å². The summed E-state index contributed by atoms with van der Waals surface area (Å²) in [6, 6.07) is 68.5. The first-order chi connectivity index (χ1) is 64.8. The Labute approximate surface area is 807 Å². The predicted molar refractivity (Wildman–Crippen MR) is 499 cm³/mol. The van der Waals surface area contributed by atoms with Crippen LogP contribution >= 0.6 is 31.2 Å². The molecule has 0 atom stereocenters. The summed E-state index contributed by atoms with van der Waals surface area (Å²) < 4.78 is 284. The van der Waals surface area contributed by atoms with Crippen LogP contribution in [0.4, 0.5) is 101 Å². The molecule has 20 aliphatic rings. The minimum Gasteiger partial charge on any atom is -0.201 e. The van der Waals surface area contributed by atoms with Crippen molar-refractivity contribution in [1.29, 1.82) is 0 Å². The molecular formula is C98H96F24N8O6P4Zn. The minimum atomic E-state index is -10.7. The van der Waals surface area contributed by atoms with Crippen LogP contribution in [0.2, 0.25) is 0 Å². The number of fused-ring (bicyclic) bond motifs is 12. The number of nitrogens with zero attached hydrogens (tertiary/aromatic N) is 8. The van der Waals surface area contributed by atoms with E-state index in [0.29, 0.717) is 52.9 Å². The summed E-state index contributed by atoms with van der Waals surface area (Å²) in [5, 5.41) is 1.94. The van der Waals surface area contributed by atoms with Gasteiger partial charge >= 0.3 is 151 Å². The van der Waals surface area contributed by atoms with Gasteiger partial charge in [-0.3, -0.25) is 0 Å². The first-order valence-corrected chi connectivity index (χ1v) is 51.7. The van der Waals surface area contributed by atoms with Gasteiger partial charge in [0.1, 0.15) is 49.4 Å². The second-order valence-corrected chi connectivity index (χ2v) is 40.6. The molecule has 6 aromatic carbocycles. The van der Waals surface area contributed by atoms with E-state index in [1.165, 1.54) is 66.8 Å². The second kappa shape index (κ2) is 40.0. The van der Waals surface area contributed by atoms with Crippen LogP contribution in [0.25, 0.3) is 99.6 Å². The fourth-order valence-corrected chi connectivity index (χ4v) is 16.0. The van der Waals surface area contributed by atoms with Gasteiger partial charge in [-0.1, -0.05) is 171 Å². The van der Waals surface area contributed by atoms with Crippen molar-refractivity contribution >= 4 is 86.4 Å². The maximum Gasteiger partial charge on any atom is 2.00 e. The normalized spacial score (nSPS) is 15.8. The Morgan fingerprint density at radius 2 is 0.539 bits per heavy atom. The van der Waals surface area contributed by atoms with E-state index >= 15 is 0 Å². The van der Waals surface area contributed by atoms with E-state index in [0.717, 1.165) is 175 Å². The summed E-state index contributed by atoms with van der Waals surface area (Å²) in [7, 11) is -42.6. The van der Waals surface area contributed by atoms with Gasteiger partial charge in [-0.25, -0.2) is 28.2 Å². The summed E-state index contributed by atoms with van der Waals surface area (Å²) in [5.41, 5.74) is 30.2. The molecule has 0 N–H and O–H groups in total. The number of para-hydroxylation sites is 2. The quantitative estimate of drug-likeness (QED) is 0.0553. The zero-order valence-electron chi connectivity index (χ0n) is 77.0. The van der Waals surface area contributed by atoms with Gasteiger partial charge in [0.2, 0.25) is 0 Å². The Hall–Kier alpha value is -11.4. The third-order valence-corrected chi connectivity index (χ3v) is 22.2. The van der Waals surface area contributed by atoms with Crippen molar-refractivity contribution < 1.29 is 167 Å². The molecule has 0 amide bonds. The molecule has 7 aromatic heterocycles. The third kappa shape index (κ3) is 35.0. The maximum absolute atomic E-state index is 10.7. The van der Waals surface area contributed by atoms with Gasteiger partial charge in [-0.2, -0.15) is 0 Å². The van der Waals surface area contributed by atoms with E-state index in [4.69, 9.17) is 48.4 Å². The number of hydrogen-bond donors (Lipinski definition) is 0. The monoisotopic (exact) mass is 2120 g/mol. The summed E-state index contributed by atoms with van der Waals surface area (Å²) in [5.74, 6) is 3.02. The van der Waals surface area contributed by atoms with E-state index < -0.39 is 31.2 Å². The molecule has 13 aromatic rings. The number of pyridine rings is 4. The van der Waals surface area contributed by atoms with Crippen molar-refractivity contribution in [1.82, 2.24) is 19.9 Å². The van der Waals surface area contributed by atoms with E-state index in [9.17, 15) is 101 Å². The molecule has 0 aliphatic carbocycles. The van der Waals surface area contributed by atoms with Crippen LogP contribution in [-0.2, 0) is 68.0 Å². The number of ether oxygens (including phenoxy) is 6. The molecule has 0 saturated heterocycles. The Bertz CT molecular complexity index is 6330. The van der Waals surface area contributed by atoms with Gasteiger partial charge in [0.25, 0.3) is 0 Å². The molecule has 0 spiro atoms. The van der Waals surface area contributed by atoms with Gasteiger partial charge in [-0.05, 0) is 133 Å². The summed E-state index contributed by atoms with van der Waals surface area (Å²) in [6.07, 6.45) is 20.5. The van der Waals surface area contributed by atoms with Gasteiger partial charge in [0.15, 0.2) is 75.8 Å². The molecule has 0 fully saturated rings. The fraction of sp³-hybridized carbons (Fsp3) is 0.245. The average molecular weight is 2130 g/mol. The van der Waals surface area contributed by atoms with E-state index in [1.807, 2.05) is 48.5 Å². The van der Waals surface area contributed by atoms with Gasteiger partial charge in [-0.15, -0.1) is 22.1 Å². The first kappa shape index (κ1) is 110. The van der Waals surface area contributed by atoms with Gasteiger partial charge in [0.05, 0.1) is 49.2 Å². The smallest absolute Gasteiger partial charge is 0.201 e. The number of hydrogen-bond acceptors (Lipinski definition) is 8. The molecule has 754 valence electrons. The summed E-state index contributed by atoms with van der Waals surface area (Å²) in [6.45, 7) is 24.0. The van der Waals surface area contributed by atoms with E-state index in [1.54, 1.807) is 0 Å². The average Bonchev–Trinajstić information content (AvgIpc) is 1.57. The molecule has 0 radical (unpaired) electrons. The SMILES string of the molecule is CCC1=C(C)c2cc3[n-]c(c(CC)c3C)c3c4nc(cc5[n-]c(c(CC)c5C)c(c1n2)-c1ccccc1OCCOCCOc1cccc2c(cccc12)OCCOCCOc1ccccc1-3)C(C)=C4CC.F[P-](F)(F)(F)(F)F.F[P-](F)(F)(F)(F)F.F[P-](F)(F)(F)(F)F.F[P-](F)(F)(F)(F)F.[Zn+2].c1cc2ccc1C[n+]1ccc(cc1)-c1cc[n+](cc1)Cc1ccc(cc1)C[n+]1ccc(cc1)-c1cc[n+](cc1)C2. The van der Waals surface area contributed by atoms with Crippen molar-refractivity contribution in [3.63, 3.8) is 0 Å². The largest absolute Gasteiger partial charge is 2.00 e. The van der Waals surface area contributed by atoms with Crippen LogP contribution < -0.4 is 47.2 Å². The molecule has 43 heteroatoms. The number of benzene rings is 6. The first-order valence-electron chi connectivity index (χ1n) is 43.6. The number of halogens is 24. The standard InChI is InChI=1S/C62H64N4O6.C36H32N4.4F6P.Zn/c1-9-41-37(5)49-35-50-39(7)43(11-3)61(65-50)58-48-20-14-16-24-56(48)72-34-30-68-28-32-70-54-26-18-21-45-46(54)22-17-25-53(45)69-31-27-67-29-33-71-55-23-15-13-19-47(55)57(59(41)63-49)60-42(10-2)38(6)51(64-60)36-52-40(8)44(12-4)62(58)66-52;1-2-30-4-3-29(1)25-37-17-9-33(10-18-37)35-13-21-39(22-14-35)27-31-5-7-32(8-6-31)28-40-23-15-36(16-24-40)34-11-19-38(26-30)20-12-34;4*1-7(2,3,4,5)6;/h13-26,35-36H,9-12,27-34H2,1-8H3;1-24H,25-28H2;;;;;/q-2;+4;4*-1;+2. The molecule has 0 unspecified atom stereocenters. The van der Waals surface area contributed by atoms with Crippen LogP contribution in [0.5, 0.6) is 23.0 Å². The number of rotatable bonds is 4. The van der Waals surface area contributed by atoms with Crippen LogP contribution in [0.1, 0.15) is 122 Å². The molecule has 33 rings (SSSR count). The maximum atomic E-state index is 9.87. The molecule has 0 saturated carbocycles. The predicted octanol–water partition coefficient (Wildman–Crippen LogP) is 31.9. The molecule has 20 aliphatic heterocycles. The second-order valence-electron chi connectivity index (χ2n) is 33.0. The van der Waals surface area contributed by atoms with Crippen molar-refractivity contribution in [3.8, 4) is 67.5 Å². The Kier molecular flexibility index (Phi) is 31.2. The number of aryl methyl sites for hydroxylation is 4. The van der Waals surface area contributed by atoms with Crippen LogP contribution in [0.3, 0.4) is 0 Å². The molecule has 141 heavy (non-hydrogen) atoms.